The van der Waals surface area contributed by atoms with E-state index in [0.29, 0.717) is 0 Å². The molecule has 1 N–H and O–H groups in total. The maximum Gasteiger partial charge on any atom is 0.272 e. The predicted octanol–water partition coefficient (Wildman–Crippen LogP) is 2.82. The third-order valence-corrected chi connectivity index (χ3v) is 2.56. The summed E-state index contributed by atoms with van der Waals surface area (Å²) in [6.45, 7) is 0.156. The van der Waals surface area contributed by atoms with Gasteiger partial charge >= 0.3 is 0 Å². The fourth-order valence-electron chi connectivity index (χ4n) is 1.25. The Morgan fingerprint density at radius 1 is 1.37 bits per heavy atom. The Labute approximate surface area is 126 Å². The van der Waals surface area contributed by atoms with Crippen LogP contribution in [0.15, 0.2) is 12.1 Å². The van der Waals surface area contributed by atoms with Crippen LogP contribution in [0.1, 0.15) is 0 Å². The maximum absolute atomic E-state index is 11.5. The van der Waals surface area contributed by atoms with E-state index in [1.54, 1.807) is 19.0 Å². The largest absolute Gasteiger partial charge is 0.322 e. The summed E-state index contributed by atoms with van der Waals surface area (Å²) in [5.74, 6) is -0.308. The summed E-state index contributed by atoms with van der Waals surface area (Å²) in [5.41, 5.74) is -0.0496. The molecule has 0 spiro atoms. The highest BCUT2D eigenvalue weighted by Gasteiger charge is 2.16. The molecule has 1 aromatic rings. The van der Waals surface area contributed by atoms with Gasteiger partial charge in [0.25, 0.3) is 5.69 Å². The van der Waals surface area contributed by atoms with Crippen LogP contribution in [0.4, 0.5) is 11.4 Å². The number of likely N-dealkylation sites (N-methyl/N-ethyl adjacent to an activating group) is 1. The molecule has 0 aromatic heterocycles. The molecule has 106 valence electrons. The first-order valence-corrected chi connectivity index (χ1v) is 5.65. The number of non-ortho nitro benzene ring substituents is 1. The fourth-order valence-corrected chi connectivity index (χ4v) is 1.82. The van der Waals surface area contributed by atoms with Gasteiger partial charge in [-0.1, -0.05) is 23.2 Å². The van der Waals surface area contributed by atoms with Gasteiger partial charge in [-0.2, -0.15) is 0 Å². The zero-order valence-electron chi connectivity index (χ0n) is 10.1. The van der Waals surface area contributed by atoms with Crippen LogP contribution in [-0.4, -0.2) is 36.4 Å². The lowest BCUT2D eigenvalue weighted by Crippen LogP contribution is -2.27. The molecule has 0 fully saturated rings. The van der Waals surface area contributed by atoms with Crippen LogP contribution >= 0.6 is 35.6 Å². The van der Waals surface area contributed by atoms with E-state index >= 15 is 0 Å². The highest BCUT2D eigenvalue weighted by molar-refractivity contribution is 6.40. The van der Waals surface area contributed by atoms with E-state index in [1.165, 1.54) is 0 Å². The molecule has 1 aromatic carbocycles. The Morgan fingerprint density at radius 3 is 2.21 bits per heavy atom. The highest BCUT2D eigenvalue weighted by atomic mass is 35.5. The lowest BCUT2D eigenvalue weighted by atomic mass is 10.2. The van der Waals surface area contributed by atoms with Crippen molar-refractivity contribution in [3.63, 3.8) is 0 Å². The molecule has 0 heterocycles. The van der Waals surface area contributed by atoms with Gasteiger partial charge < -0.3 is 10.2 Å². The van der Waals surface area contributed by atoms with E-state index in [1.807, 2.05) is 0 Å². The van der Waals surface area contributed by atoms with Crippen LogP contribution < -0.4 is 5.32 Å². The predicted molar refractivity (Wildman–Crippen MR) is 77.5 cm³/mol. The summed E-state index contributed by atoms with van der Waals surface area (Å²) in [6.07, 6.45) is 0. The minimum absolute atomic E-state index is 0. The van der Waals surface area contributed by atoms with Gasteiger partial charge in [-0.25, -0.2) is 0 Å². The van der Waals surface area contributed by atoms with E-state index in [0.717, 1.165) is 12.1 Å². The molecule has 9 heteroatoms. The van der Waals surface area contributed by atoms with Crippen molar-refractivity contribution < 1.29 is 9.72 Å². The summed E-state index contributed by atoms with van der Waals surface area (Å²) in [6, 6.07) is 2.28. The molecular weight excluding hydrogens is 316 g/mol. The maximum atomic E-state index is 11.5. The van der Waals surface area contributed by atoms with E-state index in [2.05, 4.69) is 5.32 Å². The molecule has 19 heavy (non-hydrogen) atoms. The SMILES string of the molecule is CN(C)CC(=O)Nc1c(Cl)cc([N+](=O)[O-])cc1Cl.Cl. The average molecular weight is 329 g/mol. The number of nitrogens with zero attached hydrogens (tertiary/aromatic N) is 2. The molecule has 6 nitrogen and oxygen atoms in total. The molecule has 1 rings (SSSR count). The molecule has 0 aliphatic heterocycles. The van der Waals surface area contributed by atoms with E-state index in [9.17, 15) is 14.9 Å². The Hall–Kier alpha value is -1.08. The monoisotopic (exact) mass is 327 g/mol. The average Bonchev–Trinajstić information content (AvgIpc) is 2.21. The zero-order chi connectivity index (χ0) is 13.9. The molecule has 0 saturated carbocycles. The molecule has 0 aliphatic carbocycles. The molecule has 0 saturated heterocycles. The number of carbonyl (C=O) groups excluding carboxylic acids is 1. The molecule has 0 atom stereocenters. The van der Waals surface area contributed by atoms with Crippen LogP contribution in [0, 0.1) is 10.1 Å². The van der Waals surface area contributed by atoms with Gasteiger partial charge in [0.2, 0.25) is 5.91 Å². The van der Waals surface area contributed by atoms with Gasteiger partial charge in [-0.15, -0.1) is 12.4 Å². The fraction of sp³-hybridized carbons (Fsp3) is 0.300. The summed E-state index contributed by atoms with van der Waals surface area (Å²) < 4.78 is 0. The molecular formula is C10H12Cl3N3O3. The quantitative estimate of drug-likeness (QED) is 0.681. The third kappa shape index (κ3) is 5.20. The third-order valence-electron chi connectivity index (χ3n) is 1.96. The number of amides is 1. The van der Waals surface area contributed by atoms with Crippen molar-refractivity contribution in [2.24, 2.45) is 0 Å². The summed E-state index contributed by atoms with van der Waals surface area (Å²) >= 11 is 11.7. The second kappa shape index (κ2) is 7.49. The van der Waals surface area contributed by atoms with Crippen LogP contribution in [-0.2, 0) is 4.79 Å². The van der Waals surface area contributed by atoms with Crippen LogP contribution in [0.25, 0.3) is 0 Å². The lowest BCUT2D eigenvalue weighted by Gasteiger charge is -2.12. The Bertz CT molecular complexity index is 471. The molecule has 0 aliphatic rings. The number of carbonyl (C=O) groups is 1. The van der Waals surface area contributed by atoms with E-state index in [4.69, 9.17) is 23.2 Å². The van der Waals surface area contributed by atoms with Gasteiger partial charge in [-0.3, -0.25) is 14.9 Å². The zero-order valence-corrected chi connectivity index (χ0v) is 12.5. The normalized spacial score (nSPS) is 9.95. The number of nitro benzene ring substituents is 1. The van der Waals surface area contributed by atoms with Gasteiger partial charge in [0.1, 0.15) is 0 Å². The smallest absolute Gasteiger partial charge is 0.272 e. The van der Waals surface area contributed by atoms with Gasteiger partial charge in [0.05, 0.1) is 27.2 Å². The number of anilines is 1. The summed E-state index contributed by atoms with van der Waals surface area (Å²) in [7, 11) is 3.47. The minimum atomic E-state index is -0.608. The number of halogens is 3. The second-order valence-electron chi connectivity index (χ2n) is 3.83. The molecule has 1 amide bonds. The molecule has 0 unspecified atom stereocenters. The van der Waals surface area contributed by atoms with E-state index in [-0.39, 0.29) is 46.3 Å². The second-order valence-corrected chi connectivity index (χ2v) is 4.64. The van der Waals surface area contributed by atoms with Gasteiger partial charge in [0, 0.05) is 12.1 Å². The number of rotatable bonds is 4. The standard InChI is InChI=1S/C10H11Cl2N3O3.ClH/c1-14(2)5-9(16)13-10-7(11)3-6(15(17)18)4-8(10)12;/h3-4H,5H2,1-2H3,(H,13,16);1H. The van der Waals surface area contributed by atoms with Gasteiger partial charge in [0.15, 0.2) is 0 Å². The van der Waals surface area contributed by atoms with Crippen molar-refractivity contribution >= 4 is 52.9 Å². The molecule has 0 radical (unpaired) electrons. The Kier molecular flexibility index (Phi) is 7.07. The van der Waals surface area contributed by atoms with Crippen LogP contribution in [0.2, 0.25) is 10.0 Å². The highest BCUT2D eigenvalue weighted by Crippen LogP contribution is 2.34. The number of benzene rings is 1. The van der Waals surface area contributed by atoms with Gasteiger partial charge in [-0.05, 0) is 14.1 Å². The minimum Gasteiger partial charge on any atom is -0.322 e. The lowest BCUT2D eigenvalue weighted by molar-refractivity contribution is -0.384. The summed E-state index contributed by atoms with van der Waals surface area (Å²) in [4.78, 5) is 23.2. The first-order valence-electron chi connectivity index (χ1n) is 4.89. The number of hydrogen-bond acceptors (Lipinski definition) is 4. The number of nitro groups is 1. The molecule has 0 bridgehead atoms. The van der Waals surface area contributed by atoms with Crippen molar-refractivity contribution in [2.45, 2.75) is 0 Å². The Balaban J connectivity index is 0.00000324. The summed E-state index contributed by atoms with van der Waals surface area (Å²) in [5, 5.41) is 13.1. The van der Waals surface area contributed by atoms with Crippen molar-refractivity contribution in [1.82, 2.24) is 4.90 Å². The van der Waals surface area contributed by atoms with Crippen LogP contribution in [0.5, 0.6) is 0 Å². The van der Waals surface area contributed by atoms with E-state index < -0.39 is 4.92 Å². The van der Waals surface area contributed by atoms with Crippen molar-refractivity contribution in [3.8, 4) is 0 Å². The van der Waals surface area contributed by atoms with Crippen molar-refractivity contribution in [2.75, 3.05) is 26.0 Å². The first kappa shape index (κ1) is 17.9. The van der Waals surface area contributed by atoms with Crippen molar-refractivity contribution in [3.05, 3.63) is 32.3 Å². The number of hydrogen-bond donors (Lipinski definition) is 1. The Morgan fingerprint density at radius 2 is 1.84 bits per heavy atom. The first-order chi connectivity index (χ1) is 8.31. The van der Waals surface area contributed by atoms with Crippen LogP contribution in [0.3, 0.4) is 0 Å². The topological polar surface area (TPSA) is 75.5 Å². The van der Waals surface area contributed by atoms with Crippen molar-refractivity contribution in [1.29, 1.82) is 0 Å². The number of nitrogens with one attached hydrogen (secondary N) is 1.